The van der Waals surface area contributed by atoms with Crippen LogP contribution in [0.15, 0.2) is 34.4 Å². The summed E-state index contributed by atoms with van der Waals surface area (Å²) in [6.07, 6.45) is -3.19. The smallest absolute Gasteiger partial charge is 0.341 e. The van der Waals surface area contributed by atoms with E-state index in [1.165, 1.54) is 26.0 Å². The Hall–Kier alpha value is -3.51. The molecule has 244 valence electrons. The molecule has 12 heteroatoms. The molecule has 0 bridgehead atoms. The Morgan fingerprint density at radius 3 is 2.20 bits per heavy atom. The van der Waals surface area contributed by atoms with E-state index in [9.17, 15) is 34.2 Å². The molecular weight excluding hydrogens is 576 g/mol. The van der Waals surface area contributed by atoms with Crippen LogP contribution in [0.25, 0.3) is 0 Å². The first-order valence-corrected chi connectivity index (χ1v) is 14.7. The van der Waals surface area contributed by atoms with E-state index in [4.69, 9.17) is 23.7 Å². The fourth-order valence-electron chi connectivity index (χ4n) is 6.22. The van der Waals surface area contributed by atoms with Gasteiger partial charge < -0.3 is 33.9 Å². The molecule has 3 aliphatic rings. The number of ether oxygens (including phenoxy) is 5. The molecule has 0 amide bonds. The van der Waals surface area contributed by atoms with Crippen molar-refractivity contribution < 1.29 is 57.9 Å². The Balaban J connectivity index is 2.37. The summed E-state index contributed by atoms with van der Waals surface area (Å²) in [6, 6.07) is 0. The third kappa shape index (κ3) is 5.93. The number of hydrogen-bond donors (Lipinski definition) is 2. The third-order valence-electron chi connectivity index (χ3n) is 8.97. The van der Waals surface area contributed by atoms with Gasteiger partial charge in [0.2, 0.25) is 0 Å². The first kappa shape index (κ1) is 35.0. The van der Waals surface area contributed by atoms with E-state index < -0.39 is 89.3 Å². The molecule has 2 N–H and O–H groups in total. The third-order valence-corrected chi connectivity index (χ3v) is 8.97. The highest BCUT2D eigenvalue weighted by atomic mass is 16.6. The molecule has 0 unspecified atom stereocenters. The zero-order valence-electron chi connectivity index (χ0n) is 27.0. The Bertz CT molecular complexity index is 1320. The minimum Gasteiger partial charge on any atom is -0.459 e. The molecule has 1 heterocycles. The highest BCUT2D eigenvalue weighted by molar-refractivity contribution is 5.88. The maximum Gasteiger partial charge on any atom is 0.341 e. The molecule has 12 nitrogen and oxygen atoms in total. The van der Waals surface area contributed by atoms with Crippen molar-refractivity contribution in [3.8, 4) is 0 Å². The summed E-state index contributed by atoms with van der Waals surface area (Å²) in [4.78, 5) is 64.9. The minimum absolute atomic E-state index is 0.107. The predicted octanol–water partition coefficient (Wildman–Crippen LogP) is 2.78. The highest BCUT2D eigenvalue weighted by Crippen LogP contribution is 2.57. The lowest BCUT2D eigenvalue weighted by Gasteiger charge is -2.42. The number of carbonyl (C=O) groups is 5. The van der Waals surface area contributed by atoms with Gasteiger partial charge in [0.1, 0.15) is 11.7 Å². The van der Waals surface area contributed by atoms with E-state index in [-0.39, 0.29) is 16.7 Å². The zero-order chi connectivity index (χ0) is 33.5. The number of rotatable bonds is 8. The van der Waals surface area contributed by atoms with E-state index in [0.717, 1.165) is 13.8 Å². The summed E-state index contributed by atoms with van der Waals surface area (Å²) in [5.41, 5.74) is -5.67. The first-order valence-electron chi connectivity index (χ1n) is 14.7. The van der Waals surface area contributed by atoms with Crippen LogP contribution in [0.5, 0.6) is 0 Å². The molecule has 0 aromatic carbocycles. The molecule has 2 fully saturated rings. The summed E-state index contributed by atoms with van der Waals surface area (Å²) in [7, 11) is 0. The maximum absolute atomic E-state index is 13.1. The number of hydrogen-bond acceptors (Lipinski definition) is 12. The van der Waals surface area contributed by atoms with Crippen molar-refractivity contribution in [1.29, 1.82) is 0 Å². The van der Waals surface area contributed by atoms with Crippen molar-refractivity contribution in [1.82, 2.24) is 0 Å². The summed E-state index contributed by atoms with van der Waals surface area (Å²) >= 11 is 0. The van der Waals surface area contributed by atoms with Crippen molar-refractivity contribution in [2.45, 2.75) is 123 Å². The van der Waals surface area contributed by atoms with Crippen LogP contribution in [-0.4, -0.2) is 81.3 Å². The van der Waals surface area contributed by atoms with Crippen molar-refractivity contribution in [2.24, 2.45) is 11.8 Å². The summed E-state index contributed by atoms with van der Waals surface area (Å²) in [6.45, 7) is 15.2. The molecule has 0 aromatic heterocycles. The van der Waals surface area contributed by atoms with Gasteiger partial charge in [-0.2, -0.15) is 0 Å². The van der Waals surface area contributed by atoms with E-state index in [1.807, 2.05) is 0 Å². The van der Waals surface area contributed by atoms with Crippen LogP contribution in [0.4, 0.5) is 0 Å². The zero-order valence-corrected chi connectivity index (χ0v) is 27.0. The minimum atomic E-state index is -2.60. The molecule has 44 heavy (non-hydrogen) atoms. The van der Waals surface area contributed by atoms with Crippen LogP contribution in [0.1, 0.15) is 82.1 Å². The number of fused-ring (bicyclic) bond motifs is 3. The van der Waals surface area contributed by atoms with Gasteiger partial charge in [0, 0.05) is 25.0 Å². The molecular formula is C32H44O12. The number of allylic oxidation sites excluding steroid dienone is 2. The second-order valence-electron chi connectivity index (χ2n) is 12.6. The van der Waals surface area contributed by atoms with Gasteiger partial charge in [0.15, 0.2) is 29.5 Å². The van der Waals surface area contributed by atoms with E-state index in [1.54, 1.807) is 41.5 Å². The molecule has 2 aliphatic carbocycles. The summed E-state index contributed by atoms with van der Waals surface area (Å²) in [5, 5.41) is 23.9. The standard InChI is InChI=1S/C32H44O12/c1-11-16(5)27(35)40-20-14-30(9,44-19(8)33)23-22(26-32(20,39)31(10,38)29(37)43-26)18(7)24(42-28(36)17(6)12-2)25(23)41-21(34)13-15(3)4/h12-13,16,20,23-26,38-39H,11,14H2,1-10H3/b17-12-/t16-,20-,23+,24-,25-,26+,30-,31+,32-/m1/s1. The first-order chi connectivity index (χ1) is 20.3. The van der Waals surface area contributed by atoms with Crippen molar-refractivity contribution in [3.05, 3.63) is 34.4 Å². The van der Waals surface area contributed by atoms with Crippen molar-refractivity contribution >= 4 is 29.8 Å². The fraction of sp³-hybridized carbons (Fsp3) is 0.656. The van der Waals surface area contributed by atoms with Gasteiger partial charge in [-0.05, 0) is 66.0 Å². The van der Waals surface area contributed by atoms with Gasteiger partial charge in [-0.25, -0.2) is 14.4 Å². The quantitative estimate of drug-likeness (QED) is 0.176. The summed E-state index contributed by atoms with van der Waals surface area (Å²) < 4.78 is 29.1. The SMILES string of the molecule is C/C=C(/C)C(=O)O[C@@H]1C(C)=C2[C@@H]3OC(=O)[C@](C)(O)[C@@]3(O)[C@H](OC(=O)[C@H](C)CC)C[C@@](C)(OC(C)=O)[C@@H]2[C@H]1OC(=O)C=C(C)C. The lowest BCUT2D eigenvalue weighted by Crippen LogP contribution is -2.64. The summed E-state index contributed by atoms with van der Waals surface area (Å²) in [5.74, 6) is -5.96. The Morgan fingerprint density at radius 2 is 1.68 bits per heavy atom. The van der Waals surface area contributed by atoms with Gasteiger partial charge in [-0.1, -0.05) is 25.5 Å². The van der Waals surface area contributed by atoms with Crippen molar-refractivity contribution in [3.63, 3.8) is 0 Å². The maximum atomic E-state index is 13.1. The lowest BCUT2D eigenvalue weighted by molar-refractivity contribution is -0.213. The van der Waals surface area contributed by atoms with Crippen molar-refractivity contribution in [2.75, 3.05) is 0 Å². The second kappa shape index (κ2) is 12.5. The van der Waals surface area contributed by atoms with Crippen LogP contribution in [-0.2, 0) is 47.7 Å². The molecule has 3 rings (SSSR count). The molecule has 0 spiro atoms. The number of carbonyl (C=O) groups excluding carboxylic acids is 5. The Labute approximate surface area is 257 Å². The Kier molecular flexibility index (Phi) is 9.91. The van der Waals surface area contributed by atoms with Crippen LogP contribution >= 0.6 is 0 Å². The average molecular weight is 621 g/mol. The Morgan fingerprint density at radius 1 is 1.07 bits per heavy atom. The average Bonchev–Trinajstić information content (AvgIpc) is 3.25. The molecule has 1 saturated heterocycles. The number of aliphatic hydroxyl groups is 2. The second-order valence-corrected chi connectivity index (χ2v) is 12.6. The van der Waals surface area contributed by atoms with Gasteiger partial charge in [0.25, 0.3) is 0 Å². The van der Waals surface area contributed by atoms with Gasteiger partial charge in [0.05, 0.1) is 11.8 Å². The topological polar surface area (TPSA) is 172 Å². The van der Waals surface area contributed by atoms with Gasteiger partial charge >= 0.3 is 29.8 Å². The van der Waals surface area contributed by atoms with Gasteiger partial charge in [-0.15, -0.1) is 0 Å². The fourth-order valence-corrected chi connectivity index (χ4v) is 6.22. The molecule has 1 aliphatic heterocycles. The molecule has 1 saturated carbocycles. The van der Waals surface area contributed by atoms with E-state index >= 15 is 0 Å². The highest BCUT2D eigenvalue weighted by Gasteiger charge is 2.76. The largest absolute Gasteiger partial charge is 0.459 e. The monoisotopic (exact) mass is 620 g/mol. The van der Waals surface area contributed by atoms with Gasteiger partial charge in [-0.3, -0.25) is 9.59 Å². The van der Waals surface area contributed by atoms with Crippen LogP contribution in [0, 0.1) is 11.8 Å². The predicted molar refractivity (Wildman–Crippen MR) is 154 cm³/mol. The van der Waals surface area contributed by atoms with Crippen LogP contribution < -0.4 is 0 Å². The molecule has 9 atom stereocenters. The van der Waals surface area contributed by atoms with E-state index in [0.29, 0.717) is 12.0 Å². The lowest BCUT2D eigenvalue weighted by atomic mass is 9.75. The molecule has 0 aromatic rings. The van der Waals surface area contributed by atoms with E-state index in [2.05, 4.69) is 0 Å². The number of esters is 5. The molecule has 0 radical (unpaired) electrons. The van der Waals surface area contributed by atoms with Crippen LogP contribution in [0.3, 0.4) is 0 Å². The normalized spacial score (nSPS) is 35.4. The van der Waals surface area contributed by atoms with Crippen LogP contribution in [0.2, 0.25) is 0 Å².